The first-order chi connectivity index (χ1) is 8.97. The van der Waals surface area contributed by atoms with E-state index in [-0.39, 0.29) is 6.61 Å². The summed E-state index contributed by atoms with van der Waals surface area (Å²) in [4.78, 5) is 0. The van der Waals surface area contributed by atoms with E-state index in [1.165, 1.54) is 12.1 Å². The zero-order chi connectivity index (χ0) is 13.9. The van der Waals surface area contributed by atoms with Crippen molar-refractivity contribution in [2.45, 2.75) is 19.6 Å². The molecule has 1 aromatic heterocycles. The highest BCUT2D eigenvalue weighted by Gasteiger charge is 2.29. The molecule has 102 valence electrons. The van der Waals surface area contributed by atoms with Gasteiger partial charge in [0.15, 0.2) is 0 Å². The van der Waals surface area contributed by atoms with Crippen molar-refractivity contribution in [2.24, 2.45) is 0 Å². The maximum Gasteiger partial charge on any atom is 0.416 e. The van der Waals surface area contributed by atoms with Gasteiger partial charge in [-0.1, -0.05) is 0 Å². The molecule has 0 atom stereocenters. The summed E-state index contributed by atoms with van der Waals surface area (Å²) in [6.45, 7) is 2.45. The van der Waals surface area contributed by atoms with E-state index in [4.69, 9.17) is 4.74 Å². The largest absolute Gasteiger partial charge is 0.492 e. The van der Waals surface area contributed by atoms with Crippen LogP contribution >= 0.6 is 0 Å². The van der Waals surface area contributed by atoms with Gasteiger partial charge in [-0.15, -0.1) is 5.10 Å². The first-order valence-electron chi connectivity index (χ1n) is 5.49. The molecule has 2 rings (SSSR count). The zero-order valence-electron chi connectivity index (χ0n) is 10.1. The maximum atomic E-state index is 12.3. The van der Waals surface area contributed by atoms with Crippen LogP contribution in [-0.2, 0) is 12.7 Å². The average molecular weight is 272 g/mol. The van der Waals surface area contributed by atoms with Gasteiger partial charge in [0.25, 0.3) is 0 Å². The van der Waals surface area contributed by atoms with Crippen LogP contribution < -0.4 is 4.74 Å². The molecule has 0 radical (unpaired) electrons. The van der Waals surface area contributed by atoms with E-state index in [2.05, 4.69) is 15.5 Å². The predicted molar refractivity (Wildman–Crippen MR) is 59.5 cm³/mol. The van der Waals surface area contributed by atoms with Crippen LogP contribution in [0.15, 0.2) is 24.3 Å². The van der Waals surface area contributed by atoms with Crippen molar-refractivity contribution in [3.63, 3.8) is 0 Å². The Balaban J connectivity index is 1.89. The van der Waals surface area contributed by atoms with Gasteiger partial charge in [-0.05, 0) is 41.6 Å². The number of ether oxygens (including phenoxy) is 1. The molecule has 0 aliphatic rings. The Morgan fingerprint density at radius 2 is 1.89 bits per heavy atom. The molecule has 0 saturated heterocycles. The fraction of sp³-hybridized carbons (Fsp3) is 0.364. The number of nitrogens with zero attached hydrogens (tertiary/aromatic N) is 4. The second-order valence-electron chi connectivity index (χ2n) is 3.82. The van der Waals surface area contributed by atoms with Gasteiger partial charge < -0.3 is 4.74 Å². The molecule has 2 aromatic rings. The van der Waals surface area contributed by atoms with E-state index in [0.29, 0.717) is 18.1 Å². The van der Waals surface area contributed by atoms with Crippen LogP contribution in [0.1, 0.15) is 11.4 Å². The van der Waals surface area contributed by atoms with Gasteiger partial charge in [0.1, 0.15) is 18.2 Å². The Morgan fingerprint density at radius 1 is 1.21 bits per heavy atom. The van der Waals surface area contributed by atoms with Gasteiger partial charge in [-0.2, -0.15) is 13.2 Å². The highest BCUT2D eigenvalue weighted by atomic mass is 19.4. The quantitative estimate of drug-likeness (QED) is 0.855. The molecule has 0 N–H and O–H groups in total. The Labute approximate surface area is 107 Å². The number of benzene rings is 1. The van der Waals surface area contributed by atoms with Crippen molar-refractivity contribution in [1.82, 2.24) is 20.2 Å². The van der Waals surface area contributed by atoms with Crippen molar-refractivity contribution in [3.8, 4) is 5.75 Å². The van der Waals surface area contributed by atoms with Gasteiger partial charge >= 0.3 is 6.18 Å². The second-order valence-corrected chi connectivity index (χ2v) is 3.82. The second kappa shape index (κ2) is 5.25. The number of hydrogen-bond donors (Lipinski definition) is 0. The molecule has 1 heterocycles. The van der Waals surface area contributed by atoms with Crippen LogP contribution in [0.25, 0.3) is 0 Å². The third-order valence-electron chi connectivity index (χ3n) is 2.46. The molecule has 5 nitrogen and oxygen atoms in total. The summed E-state index contributed by atoms with van der Waals surface area (Å²) in [5.41, 5.74) is -0.698. The summed E-state index contributed by atoms with van der Waals surface area (Å²) in [5.74, 6) is 1.02. The molecule has 0 saturated carbocycles. The van der Waals surface area contributed by atoms with Crippen molar-refractivity contribution in [2.75, 3.05) is 6.61 Å². The van der Waals surface area contributed by atoms with Crippen molar-refractivity contribution in [1.29, 1.82) is 0 Å². The summed E-state index contributed by atoms with van der Waals surface area (Å²) in [7, 11) is 0. The monoisotopic (exact) mass is 272 g/mol. The molecule has 0 fully saturated rings. The molecule has 0 bridgehead atoms. The Bertz CT molecular complexity index is 536. The van der Waals surface area contributed by atoms with E-state index in [1.807, 2.05) is 0 Å². The lowest BCUT2D eigenvalue weighted by molar-refractivity contribution is -0.137. The van der Waals surface area contributed by atoms with Gasteiger partial charge in [0, 0.05) is 0 Å². The Hall–Kier alpha value is -2.12. The molecular weight excluding hydrogens is 261 g/mol. The van der Waals surface area contributed by atoms with Crippen LogP contribution in [0.5, 0.6) is 5.75 Å². The molecule has 0 aliphatic heterocycles. The number of hydrogen-bond acceptors (Lipinski definition) is 4. The molecule has 1 aromatic carbocycles. The minimum atomic E-state index is -4.33. The van der Waals surface area contributed by atoms with E-state index < -0.39 is 11.7 Å². The number of rotatable bonds is 4. The van der Waals surface area contributed by atoms with Crippen LogP contribution in [0.4, 0.5) is 13.2 Å². The zero-order valence-corrected chi connectivity index (χ0v) is 10.1. The first kappa shape index (κ1) is 13.3. The summed E-state index contributed by atoms with van der Waals surface area (Å²) >= 11 is 0. The van der Waals surface area contributed by atoms with E-state index >= 15 is 0 Å². The summed E-state index contributed by atoms with van der Waals surface area (Å²) in [5, 5.41) is 10.9. The van der Waals surface area contributed by atoms with E-state index in [0.717, 1.165) is 12.1 Å². The van der Waals surface area contributed by atoms with Crippen LogP contribution in [0.3, 0.4) is 0 Å². The van der Waals surface area contributed by atoms with Crippen LogP contribution in [0.2, 0.25) is 0 Å². The van der Waals surface area contributed by atoms with Crippen molar-refractivity contribution >= 4 is 0 Å². The third kappa shape index (κ3) is 3.43. The maximum absolute atomic E-state index is 12.3. The number of alkyl halides is 3. The minimum absolute atomic E-state index is 0.275. The molecule has 0 spiro atoms. The Kier molecular flexibility index (Phi) is 3.68. The van der Waals surface area contributed by atoms with E-state index in [1.54, 1.807) is 11.6 Å². The van der Waals surface area contributed by atoms with E-state index in [9.17, 15) is 13.2 Å². The molecule has 0 unspecified atom stereocenters. The van der Waals surface area contributed by atoms with Gasteiger partial charge in [0.05, 0.1) is 12.1 Å². The lowest BCUT2D eigenvalue weighted by atomic mass is 10.2. The van der Waals surface area contributed by atoms with Crippen molar-refractivity contribution < 1.29 is 17.9 Å². The van der Waals surface area contributed by atoms with Gasteiger partial charge in [-0.25, -0.2) is 4.68 Å². The highest BCUT2D eigenvalue weighted by Crippen LogP contribution is 2.30. The summed E-state index contributed by atoms with van der Waals surface area (Å²) < 4.78 is 43.9. The molecule has 0 aliphatic carbocycles. The normalized spacial score (nSPS) is 11.6. The SMILES string of the molecule is Cc1nnnn1CCOc1ccc(C(F)(F)F)cc1. The molecular formula is C11H11F3N4O. The molecule has 8 heteroatoms. The average Bonchev–Trinajstić information content (AvgIpc) is 2.75. The Morgan fingerprint density at radius 3 is 2.42 bits per heavy atom. The molecule has 19 heavy (non-hydrogen) atoms. The standard InChI is InChI=1S/C11H11F3N4O/c1-8-15-16-17-18(8)6-7-19-10-4-2-9(3-5-10)11(12,13)14/h2-5H,6-7H2,1H3. The molecule has 0 amide bonds. The fourth-order valence-corrected chi connectivity index (χ4v) is 1.45. The number of tetrazole rings is 1. The third-order valence-corrected chi connectivity index (χ3v) is 2.46. The van der Waals surface area contributed by atoms with Crippen molar-refractivity contribution in [3.05, 3.63) is 35.7 Å². The fourth-order valence-electron chi connectivity index (χ4n) is 1.45. The highest BCUT2D eigenvalue weighted by molar-refractivity contribution is 5.28. The smallest absolute Gasteiger partial charge is 0.416 e. The lowest BCUT2D eigenvalue weighted by Gasteiger charge is -2.09. The summed E-state index contributed by atoms with van der Waals surface area (Å²) in [6, 6.07) is 4.54. The van der Waals surface area contributed by atoms with Gasteiger partial charge in [-0.3, -0.25) is 0 Å². The number of halogens is 3. The number of aromatic nitrogens is 4. The number of aryl methyl sites for hydroxylation is 1. The topological polar surface area (TPSA) is 52.8 Å². The summed E-state index contributed by atoms with van der Waals surface area (Å²) in [6.07, 6.45) is -4.33. The van der Waals surface area contributed by atoms with Crippen LogP contribution in [0, 0.1) is 6.92 Å². The van der Waals surface area contributed by atoms with Gasteiger partial charge in [0.2, 0.25) is 0 Å². The first-order valence-corrected chi connectivity index (χ1v) is 5.49. The lowest BCUT2D eigenvalue weighted by Crippen LogP contribution is -2.11. The van der Waals surface area contributed by atoms with Crippen LogP contribution in [-0.4, -0.2) is 26.8 Å². The minimum Gasteiger partial charge on any atom is -0.492 e. The predicted octanol–water partition coefficient (Wildman–Crippen LogP) is 2.08.